The smallest absolute Gasteiger partial charge is 0.142 e. The Morgan fingerprint density at radius 2 is 1.73 bits per heavy atom. The van der Waals surface area contributed by atoms with Crippen LogP contribution in [0.3, 0.4) is 0 Å². The van der Waals surface area contributed by atoms with Crippen LogP contribution in [-0.2, 0) is 5.41 Å². The monoisotopic (exact) mass is 299 g/mol. The van der Waals surface area contributed by atoms with E-state index < -0.39 is 6.10 Å². The molecule has 0 saturated carbocycles. The van der Waals surface area contributed by atoms with E-state index in [1.54, 1.807) is 0 Å². The summed E-state index contributed by atoms with van der Waals surface area (Å²) in [6.07, 6.45) is -0.672. The van der Waals surface area contributed by atoms with Gasteiger partial charge in [-0.05, 0) is 41.2 Å². The van der Waals surface area contributed by atoms with Crippen molar-refractivity contribution >= 4 is 5.69 Å². The molecule has 22 heavy (non-hydrogen) atoms. The Bertz CT molecular complexity index is 627. The average Bonchev–Trinajstić information content (AvgIpc) is 2.45. The third-order valence-corrected chi connectivity index (χ3v) is 3.72. The maximum Gasteiger partial charge on any atom is 0.142 e. The van der Waals surface area contributed by atoms with Gasteiger partial charge in [0.05, 0.1) is 5.69 Å². The summed E-state index contributed by atoms with van der Waals surface area (Å²) < 4.78 is 5.63. The van der Waals surface area contributed by atoms with E-state index in [0.717, 1.165) is 11.1 Å². The SMILES string of the molecule is Cc1ccc(OCC(O)c2ccc(C(C)(C)C)cc2)c(N)c1. The van der Waals surface area contributed by atoms with Crippen molar-refractivity contribution in [1.29, 1.82) is 0 Å². The Morgan fingerprint density at radius 3 is 2.27 bits per heavy atom. The molecular weight excluding hydrogens is 274 g/mol. The molecule has 1 unspecified atom stereocenters. The third-order valence-electron chi connectivity index (χ3n) is 3.72. The van der Waals surface area contributed by atoms with Crippen LogP contribution in [0.1, 0.15) is 43.6 Å². The van der Waals surface area contributed by atoms with Gasteiger partial charge in [-0.25, -0.2) is 0 Å². The largest absolute Gasteiger partial charge is 0.488 e. The maximum atomic E-state index is 10.3. The lowest BCUT2D eigenvalue weighted by molar-refractivity contribution is 0.108. The highest BCUT2D eigenvalue weighted by Crippen LogP contribution is 2.26. The average molecular weight is 299 g/mol. The molecule has 2 aromatic carbocycles. The summed E-state index contributed by atoms with van der Waals surface area (Å²) in [5, 5.41) is 10.3. The molecule has 0 aliphatic rings. The number of benzene rings is 2. The van der Waals surface area contributed by atoms with Crippen molar-refractivity contribution in [2.75, 3.05) is 12.3 Å². The van der Waals surface area contributed by atoms with E-state index in [0.29, 0.717) is 11.4 Å². The van der Waals surface area contributed by atoms with E-state index in [2.05, 4.69) is 32.9 Å². The fraction of sp³-hybridized carbons (Fsp3) is 0.368. The zero-order chi connectivity index (χ0) is 16.3. The van der Waals surface area contributed by atoms with Gasteiger partial charge < -0.3 is 15.6 Å². The second kappa shape index (κ2) is 6.41. The second-order valence-corrected chi connectivity index (χ2v) is 6.74. The van der Waals surface area contributed by atoms with E-state index in [4.69, 9.17) is 10.5 Å². The van der Waals surface area contributed by atoms with Gasteiger partial charge in [0.25, 0.3) is 0 Å². The van der Waals surface area contributed by atoms with Crippen LogP contribution in [0.2, 0.25) is 0 Å². The zero-order valence-corrected chi connectivity index (χ0v) is 13.8. The van der Waals surface area contributed by atoms with E-state index in [1.807, 2.05) is 37.3 Å². The summed E-state index contributed by atoms with van der Waals surface area (Å²) in [6.45, 7) is 8.67. The highest BCUT2D eigenvalue weighted by Gasteiger charge is 2.15. The fourth-order valence-corrected chi connectivity index (χ4v) is 2.27. The molecule has 2 aromatic rings. The van der Waals surface area contributed by atoms with Gasteiger partial charge >= 0.3 is 0 Å². The molecule has 0 amide bonds. The molecule has 0 aliphatic heterocycles. The molecule has 0 aliphatic carbocycles. The summed E-state index contributed by atoms with van der Waals surface area (Å²) >= 11 is 0. The molecule has 0 spiro atoms. The molecule has 0 heterocycles. The molecule has 3 nitrogen and oxygen atoms in total. The molecule has 3 heteroatoms. The molecule has 0 saturated heterocycles. The number of rotatable bonds is 4. The number of aliphatic hydroxyl groups is 1. The minimum absolute atomic E-state index is 0.107. The molecule has 118 valence electrons. The van der Waals surface area contributed by atoms with Crippen molar-refractivity contribution in [2.24, 2.45) is 0 Å². The highest BCUT2D eigenvalue weighted by molar-refractivity contribution is 5.54. The van der Waals surface area contributed by atoms with Crippen LogP contribution in [0.25, 0.3) is 0 Å². The fourth-order valence-electron chi connectivity index (χ4n) is 2.27. The first-order valence-electron chi connectivity index (χ1n) is 7.55. The van der Waals surface area contributed by atoms with E-state index in [-0.39, 0.29) is 12.0 Å². The first-order valence-corrected chi connectivity index (χ1v) is 7.55. The minimum Gasteiger partial charge on any atom is -0.488 e. The van der Waals surface area contributed by atoms with Crippen molar-refractivity contribution < 1.29 is 9.84 Å². The molecule has 0 fully saturated rings. The molecule has 0 bridgehead atoms. The lowest BCUT2D eigenvalue weighted by atomic mass is 9.86. The number of aryl methyl sites for hydroxylation is 1. The van der Waals surface area contributed by atoms with Crippen molar-refractivity contribution in [1.82, 2.24) is 0 Å². The van der Waals surface area contributed by atoms with E-state index in [9.17, 15) is 5.11 Å². The first kappa shape index (κ1) is 16.4. The summed E-state index contributed by atoms with van der Waals surface area (Å²) in [4.78, 5) is 0. The van der Waals surface area contributed by atoms with Gasteiger partial charge in [0.1, 0.15) is 18.5 Å². The lowest BCUT2D eigenvalue weighted by Crippen LogP contribution is -2.13. The Labute approximate surface area is 132 Å². The highest BCUT2D eigenvalue weighted by atomic mass is 16.5. The predicted molar refractivity (Wildman–Crippen MR) is 91.2 cm³/mol. The van der Waals surface area contributed by atoms with Gasteiger partial charge in [-0.2, -0.15) is 0 Å². The van der Waals surface area contributed by atoms with Crippen LogP contribution in [-0.4, -0.2) is 11.7 Å². The standard InChI is InChI=1S/C19H25NO2/c1-13-5-10-18(16(20)11-13)22-12-17(21)14-6-8-15(9-7-14)19(2,3)4/h5-11,17,21H,12,20H2,1-4H3. The topological polar surface area (TPSA) is 55.5 Å². The van der Waals surface area contributed by atoms with Gasteiger partial charge in [-0.1, -0.05) is 51.1 Å². The van der Waals surface area contributed by atoms with Crippen LogP contribution in [0.4, 0.5) is 5.69 Å². The van der Waals surface area contributed by atoms with Crippen molar-refractivity contribution in [3.05, 3.63) is 59.2 Å². The van der Waals surface area contributed by atoms with Crippen molar-refractivity contribution in [3.63, 3.8) is 0 Å². The minimum atomic E-state index is -0.672. The Kier molecular flexibility index (Phi) is 4.77. The molecule has 2 rings (SSSR count). The molecule has 3 N–H and O–H groups in total. The number of aliphatic hydroxyl groups excluding tert-OH is 1. The van der Waals surface area contributed by atoms with Crippen LogP contribution in [0.5, 0.6) is 5.75 Å². The molecule has 0 aromatic heterocycles. The van der Waals surface area contributed by atoms with Crippen LogP contribution in [0.15, 0.2) is 42.5 Å². The quantitative estimate of drug-likeness (QED) is 0.839. The number of hydrogen-bond donors (Lipinski definition) is 2. The van der Waals surface area contributed by atoms with Crippen LogP contribution < -0.4 is 10.5 Å². The van der Waals surface area contributed by atoms with E-state index in [1.165, 1.54) is 5.56 Å². The van der Waals surface area contributed by atoms with E-state index >= 15 is 0 Å². The Hall–Kier alpha value is -2.00. The second-order valence-electron chi connectivity index (χ2n) is 6.74. The normalized spacial score (nSPS) is 13.0. The lowest BCUT2D eigenvalue weighted by Gasteiger charge is -2.20. The molecule has 1 atom stereocenters. The number of nitrogen functional groups attached to an aromatic ring is 1. The predicted octanol–water partition coefficient (Wildman–Crippen LogP) is 3.99. The summed E-state index contributed by atoms with van der Waals surface area (Å²) in [7, 11) is 0. The van der Waals surface area contributed by atoms with Gasteiger partial charge in [-0.15, -0.1) is 0 Å². The molecular formula is C19H25NO2. The first-order chi connectivity index (χ1) is 10.3. The summed E-state index contributed by atoms with van der Waals surface area (Å²) in [5.74, 6) is 0.607. The number of nitrogens with two attached hydrogens (primary N) is 1. The Morgan fingerprint density at radius 1 is 1.09 bits per heavy atom. The van der Waals surface area contributed by atoms with Gasteiger partial charge in [-0.3, -0.25) is 0 Å². The van der Waals surface area contributed by atoms with Crippen LogP contribution in [0, 0.1) is 6.92 Å². The van der Waals surface area contributed by atoms with Gasteiger partial charge in [0.15, 0.2) is 0 Å². The van der Waals surface area contributed by atoms with Gasteiger partial charge in [0, 0.05) is 0 Å². The Balaban J connectivity index is 2.01. The third kappa shape index (κ3) is 4.01. The number of hydrogen-bond acceptors (Lipinski definition) is 3. The van der Waals surface area contributed by atoms with Crippen LogP contribution >= 0.6 is 0 Å². The maximum absolute atomic E-state index is 10.3. The summed E-state index contributed by atoms with van der Waals surface area (Å²) in [5.41, 5.74) is 9.78. The number of anilines is 1. The summed E-state index contributed by atoms with van der Waals surface area (Å²) in [6, 6.07) is 13.6. The zero-order valence-electron chi connectivity index (χ0n) is 13.8. The van der Waals surface area contributed by atoms with Gasteiger partial charge in [0.2, 0.25) is 0 Å². The number of ether oxygens (including phenoxy) is 1. The van der Waals surface area contributed by atoms with Crippen molar-refractivity contribution in [3.8, 4) is 5.75 Å². The molecule has 0 radical (unpaired) electrons. The van der Waals surface area contributed by atoms with Crippen molar-refractivity contribution in [2.45, 2.75) is 39.2 Å².